The van der Waals surface area contributed by atoms with Gasteiger partial charge in [0.1, 0.15) is 18.4 Å². The van der Waals surface area contributed by atoms with Crippen LogP contribution in [0.15, 0.2) is 24.3 Å². The van der Waals surface area contributed by atoms with E-state index in [-0.39, 0.29) is 18.5 Å². The molecule has 1 aromatic carbocycles. The molecule has 142 valence electrons. The molecule has 3 rings (SSSR count). The molecule has 1 heterocycles. The first-order chi connectivity index (χ1) is 12.5. The molecule has 2 N–H and O–H groups in total. The van der Waals surface area contributed by atoms with Gasteiger partial charge in [0.15, 0.2) is 0 Å². The van der Waals surface area contributed by atoms with E-state index in [0.29, 0.717) is 36.3 Å². The highest BCUT2D eigenvalue weighted by Gasteiger charge is 2.45. The van der Waals surface area contributed by atoms with Crippen molar-refractivity contribution in [2.45, 2.75) is 44.2 Å². The second kappa shape index (κ2) is 8.73. The maximum Gasteiger partial charge on any atom is 0.320 e. The average Bonchev–Trinajstić information content (AvgIpc) is 2.98. The Kier molecular flexibility index (Phi) is 6.38. The number of carboxylic acids is 1. The molecule has 0 bridgehead atoms. The van der Waals surface area contributed by atoms with E-state index in [1.165, 1.54) is 0 Å². The van der Waals surface area contributed by atoms with Crippen LogP contribution >= 0.6 is 11.6 Å². The minimum atomic E-state index is -0.823. The van der Waals surface area contributed by atoms with Crippen molar-refractivity contribution in [3.63, 3.8) is 0 Å². The number of rotatable bonds is 7. The monoisotopic (exact) mass is 380 g/mol. The Bertz CT molecular complexity index is 654. The smallest absolute Gasteiger partial charge is 0.320 e. The lowest BCUT2D eigenvalue weighted by Crippen LogP contribution is -2.48. The topological polar surface area (TPSA) is 78.9 Å². The van der Waals surface area contributed by atoms with Crippen LogP contribution in [-0.2, 0) is 9.59 Å². The number of hydrogen-bond donors (Lipinski definition) is 2. The van der Waals surface area contributed by atoms with Gasteiger partial charge in [-0.05, 0) is 43.4 Å². The highest BCUT2D eigenvalue weighted by atomic mass is 35.5. The third kappa shape index (κ3) is 4.68. The number of nitrogens with zero attached hydrogens (tertiary/aromatic N) is 1. The van der Waals surface area contributed by atoms with Crippen molar-refractivity contribution in [3.8, 4) is 5.75 Å². The van der Waals surface area contributed by atoms with Crippen LogP contribution < -0.4 is 10.1 Å². The third-order valence-electron chi connectivity index (χ3n) is 5.32. The van der Waals surface area contributed by atoms with Gasteiger partial charge in [0.05, 0.1) is 13.1 Å². The van der Waals surface area contributed by atoms with Crippen LogP contribution in [0.2, 0.25) is 5.02 Å². The van der Waals surface area contributed by atoms with Crippen LogP contribution in [0.4, 0.5) is 0 Å². The van der Waals surface area contributed by atoms with E-state index in [1.807, 2.05) is 4.90 Å². The third-order valence-corrected chi connectivity index (χ3v) is 5.56. The van der Waals surface area contributed by atoms with Crippen molar-refractivity contribution < 1.29 is 19.4 Å². The van der Waals surface area contributed by atoms with E-state index in [0.717, 1.165) is 25.7 Å². The number of ether oxygens (including phenoxy) is 1. The Balaban J connectivity index is 1.46. The molecular formula is C19H25ClN2O4. The van der Waals surface area contributed by atoms with E-state index >= 15 is 0 Å². The second-order valence-electron chi connectivity index (χ2n) is 7.03. The van der Waals surface area contributed by atoms with Crippen molar-refractivity contribution in [3.05, 3.63) is 29.3 Å². The number of carbonyl (C=O) groups excluding carboxylic acids is 1. The number of halogens is 1. The number of benzene rings is 1. The number of carbonyl (C=O) groups is 2. The van der Waals surface area contributed by atoms with Crippen LogP contribution in [0.3, 0.4) is 0 Å². The van der Waals surface area contributed by atoms with E-state index in [9.17, 15) is 14.7 Å². The standard InChI is InChI=1S/C19H25ClN2O4/c20-14-5-3-6-15(11-14)26-9-8-21-18(23)12-22-16-7-2-1-4-13(16)10-17(22)19(24)25/h3,5-6,11,13,16-17H,1-2,4,7-10,12H2,(H,21,23)(H,24,25). The summed E-state index contributed by atoms with van der Waals surface area (Å²) >= 11 is 5.90. The Morgan fingerprint density at radius 3 is 2.88 bits per heavy atom. The molecule has 0 radical (unpaired) electrons. The lowest BCUT2D eigenvalue weighted by atomic mass is 9.85. The zero-order valence-electron chi connectivity index (χ0n) is 14.7. The summed E-state index contributed by atoms with van der Waals surface area (Å²) in [4.78, 5) is 25.8. The van der Waals surface area contributed by atoms with Crippen molar-refractivity contribution in [2.75, 3.05) is 19.7 Å². The van der Waals surface area contributed by atoms with Gasteiger partial charge in [0, 0.05) is 11.1 Å². The minimum Gasteiger partial charge on any atom is -0.492 e. The van der Waals surface area contributed by atoms with Crippen LogP contribution in [0.25, 0.3) is 0 Å². The summed E-state index contributed by atoms with van der Waals surface area (Å²) in [5.74, 6) is 0.0831. The second-order valence-corrected chi connectivity index (χ2v) is 7.47. The number of nitrogens with one attached hydrogen (secondary N) is 1. The summed E-state index contributed by atoms with van der Waals surface area (Å²) in [5.41, 5.74) is 0. The molecule has 1 aliphatic heterocycles. The molecule has 0 spiro atoms. The molecule has 1 saturated carbocycles. The zero-order chi connectivity index (χ0) is 18.5. The Morgan fingerprint density at radius 1 is 1.31 bits per heavy atom. The highest BCUT2D eigenvalue weighted by molar-refractivity contribution is 6.30. The number of amides is 1. The summed E-state index contributed by atoms with van der Waals surface area (Å²) in [7, 11) is 0. The maximum atomic E-state index is 12.3. The van der Waals surface area contributed by atoms with Crippen molar-refractivity contribution in [1.82, 2.24) is 10.2 Å². The summed E-state index contributed by atoms with van der Waals surface area (Å²) in [6.45, 7) is 0.834. The Labute approximate surface area is 158 Å². The molecule has 1 saturated heterocycles. The number of hydrogen-bond acceptors (Lipinski definition) is 4. The van der Waals surface area contributed by atoms with Crippen LogP contribution in [0.1, 0.15) is 32.1 Å². The summed E-state index contributed by atoms with van der Waals surface area (Å²) in [6.07, 6.45) is 4.98. The summed E-state index contributed by atoms with van der Waals surface area (Å²) in [6, 6.07) is 6.77. The van der Waals surface area contributed by atoms with Gasteiger partial charge in [-0.3, -0.25) is 14.5 Å². The molecule has 7 heteroatoms. The largest absolute Gasteiger partial charge is 0.492 e. The first-order valence-electron chi connectivity index (χ1n) is 9.18. The first-order valence-corrected chi connectivity index (χ1v) is 9.56. The highest BCUT2D eigenvalue weighted by Crippen LogP contribution is 2.39. The number of likely N-dealkylation sites (tertiary alicyclic amines) is 1. The molecule has 2 aliphatic rings. The average molecular weight is 381 g/mol. The van der Waals surface area contributed by atoms with Gasteiger partial charge in [-0.2, -0.15) is 0 Å². The zero-order valence-corrected chi connectivity index (χ0v) is 15.5. The number of carboxylic acid groups (broad SMARTS) is 1. The quantitative estimate of drug-likeness (QED) is 0.711. The van der Waals surface area contributed by atoms with Gasteiger partial charge in [-0.15, -0.1) is 0 Å². The predicted molar refractivity (Wildman–Crippen MR) is 98.4 cm³/mol. The van der Waals surface area contributed by atoms with Gasteiger partial charge in [-0.25, -0.2) is 0 Å². The normalized spacial score (nSPS) is 25.5. The van der Waals surface area contributed by atoms with Gasteiger partial charge in [0.2, 0.25) is 5.91 Å². The molecule has 1 amide bonds. The fraction of sp³-hybridized carbons (Fsp3) is 0.579. The van der Waals surface area contributed by atoms with E-state index in [1.54, 1.807) is 24.3 Å². The lowest BCUT2D eigenvalue weighted by molar-refractivity contribution is -0.143. The lowest BCUT2D eigenvalue weighted by Gasteiger charge is -2.32. The molecule has 1 aliphatic carbocycles. The maximum absolute atomic E-state index is 12.3. The molecule has 3 atom stereocenters. The van der Waals surface area contributed by atoms with E-state index < -0.39 is 12.0 Å². The number of fused-ring (bicyclic) bond motifs is 1. The molecule has 3 unspecified atom stereocenters. The fourth-order valence-corrected chi connectivity index (χ4v) is 4.34. The molecule has 2 fully saturated rings. The minimum absolute atomic E-state index is 0.134. The molecule has 6 nitrogen and oxygen atoms in total. The molecule has 0 aromatic heterocycles. The Morgan fingerprint density at radius 2 is 2.12 bits per heavy atom. The van der Waals surface area contributed by atoms with E-state index in [4.69, 9.17) is 16.3 Å². The van der Waals surface area contributed by atoms with Gasteiger partial charge in [0.25, 0.3) is 0 Å². The number of aliphatic carboxylic acids is 1. The summed E-state index contributed by atoms with van der Waals surface area (Å²) in [5, 5.41) is 12.9. The van der Waals surface area contributed by atoms with Crippen LogP contribution in [0.5, 0.6) is 5.75 Å². The van der Waals surface area contributed by atoms with Crippen LogP contribution in [0, 0.1) is 5.92 Å². The van der Waals surface area contributed by atoms with Gasteiger partial charge in [-0.1, -0.05) is 30.5 Å². The van der Waals surface area contributed by atoms with Crippen molar-refractivity contribution in [1.29, 1.82) is 0 Å². The van der Waals surface area contributed by atoms with Gasteiger partial charge >= 0.3 is 5.97 Å². The fourth-order valence-electron chi connectivity index (χ4n) is 4.16. The van der Waals surface area contributed by atoms with Crippen molar-refractivity contribution in [2.24, 2.45) is 5.92 Å². The molecular weight excluding hydrogens is 356 g/mol. The molecule has 26 heavy (non-hydrogen) atoms. The predicted octanol–water partition coefficient (Wildman–Crippen LogP) is 2.55. The van der Waals surface area contributed by atoms with Gasteiger partial charge < -0.3 is 15.2 Å². The summed E-state index contributed by atoms with van der Waals surface area (Å²) < 4.78 is 5.55. The Hall–Kier alpha value is -1.79. The van der Waals surface area contributed by atoms with Crippen molar-refractivity contribution >= 4 is 23.5 Å². The SMILES string of the molecule is O=C(CN1C(C(=O)O)CC2CCCCC21)NCCOc1cccc(Cl)c1. The first kappa shape index (κ1) is 19.0. The van der Waals surface area contributed by atoms with Crippen LogP contribution in [-0.4, -0.2) is 53.7 Å². The molecule has 1 aromatic rings. The van der Waals surface area contributed by atoms with E-state index in [2.05, 4.69) is 5.32 Å².